The third-order valence-corrected chi connectivity index (χ3v) is 7.76. The van der Waals surface area contributed by atoms with E-state index < -0.39 is 16.1 Å². The Morgan fingerprint density at radius 1 is 1.10 bits per heavy atom. The molecule has 2 heterocycles. The van der Waals surface area contributed by atoms with Gasteiger partial charge in [0.15, 0.2) is 0 Å². The fraction of sp³-hybridized carbons (Fsp3) is 0.409. The van der Waals surface area contributed by atoms with Gasteiger partial charge in [0.2, 0.25) is 15.9 Å². The van der Waals surface area contributed by atoms with E-state index in [1.54, 1.807) is 0 Å². The standard InChI is InChI=1S/C22H27N3O3S/c1-3-14-29(27,28)25-13-7-10-21(25)22(26)23-16-11-12-20-18(15-16)17-8-5-6-9-19(17)24(20)4-2/h5-6,8-9,11-12,15,21H,3-4,7,10,13-14H2,1-2H3,(H,23,26)/t21-/m0/s1. The largest absolute Gasteiger partial charge is 0.341 e. The van der Waals surface area contributed by atoms with Crippen LogP contribution in [0, 0.1) is 0 Å². The zero-order valence-electron chi connectivity index (χ0n) is 16.9. The fourth-order valence-corrected chi connectivity index (χ4v) is 6.15. The number of aryl methyl sites for hydroxylation is 1. The number of carbonyl (C=O) groups is 1. The summed E-state index contributed by atoms with van der Waals surface area (Å²) in [7, 11) is -3.39. The van der Waals surface area contributed by atoms with E-state index in [9.17, 15) is 13.2 Å². The summed E-state index contributed by atoms with van der Waals surface area (Å²) >= 11 is 0. The number of rotatable bonds is 6. The van der Waals surface area contributed by atoms with Gasteiger partial charge in [-0.2, -0.15) is 4.31 Å². The maximum absolute atomic E-state index is 12.9. The van der Waals surface area contributed by atoms with Gasteiger partial charge in [0.05, 0.1) is 5.75 Å². The number of aromatic nitrogens is 1. The Kier molecular flexibility index (Phi) is 5.36. The minimum absolute atomic E-state index is 0.0826. The van der Waals surface area contributed by atoms with Crippen molar-refractivity contribution in [1.82, 2.24) is 8.87 Å². The number of fused-ring (bicyclic) bond motifs is 3. The average molecular weight is 414 g/mol. The number of para-hydroxylation sites is 1. The number of nitrogens with zero attached hydrogens (tertiary/aromatic N) is 2. The van der Waals surface area contributed by atoms with E-state index in [1.165, 1.54) is 9.82 Å². The Balaban J connectivity index is 1.64. The molecule has 0 radical (unpaired) electrons. The minimum atomic E-state index is -3.39. The van der Waals surface area contributed by atoms with Crippen LogP contribution in [0.3, 0.4) is 0 Å². The molecule has 2 aromatic carbocycles. The summed E-state index contributed by atoms with van der Waals surface area (Å²) in [5.41, 5.74) is 2.99. The van der Waals surface area contributed by atoms with E-state index in [0.717, 1.165) is 22.8 Å². The van der Waals surface area contributed by atoms with Gasteiger partial charge in [-0.15, -0.1) is 0 Å². The number of benzene rings is 2. The second kappa shape index (κ2) is 7.80. The normalized spacial score (nSPS) is 17.9. The number of anilines is 1. The lowest BCUT2D eigenvalue weighted by molar-refractivity contribution is -0.119. The van der Waals surface area contributed by atoms with Crippen LogP contribution in [0.1, 0.15) is 33.1 Å². The Hall–Kier alpha value is -2.38. The second-order valence-corrected chi connectivity index (χ2v) is 9.61. The summed E-state index contributed by atoms with van der Waals surface area (Å²) in [4.78, 5) is 12.9. The molecule has 0 saturated carbocycles. The van der Waals surface area contributed by atoms with Gasteiger partial charge in [0, 0.05) is 40.6 Å². The number of hydrogen-bond donors (Lipinski definition) is 1. The predicted octanol–water partition coefficient (Wildman–Crippen LogP) is 3.96. The number of nitrogens with one attached hydrogen (secondary N) is 1. The molecule has 0 bridgehead atoms. The summed E-state index contributed by atoms with van der Waals surface area (Å²) in [5.74, 6) is -0.167. The molecule has 1 N–H and O–H groups in total. The summed E-state index contributed by atoms with van der Waals surface area (Å²) in [5, 5.41) is 5.19. The minimum Gasteiger partial charge on any atom is -0.341 e. The van der Waals surface area contributed by atoms with Crippen molar-refractivity contribution in [2.45, 2.75) is 45.7 Å². The van der Waals surface area contributed by atoms with Crippen LogP contribution >= 0.6 is 0 Å². The first-order chi connectivity index (χ1) is 14.0. The van der Waals surface area contributed by atoms with Crippen LogP contribution in [-0.2, 0) is 21.4 Å². The molecule has 1 aliphatic rings. The van der Waals surface area contributed by atoms with Crippen molar-refractivity contribution in [2.75, 3.05) is 17.6 Å². The highest BCUT2D eigenvalue weighted by Crippen LogP contribution is 2.31. The van der Waals surface area contributed by atoms with Crippen LogP contribution in [0.2, 0.25) is 0 Å². The quantitative estimate of drug-likeness (QED) is 0.665. The summed E-state index contributed by atoms with van der Waals surface area (Å²) in [6.45, 7) is 5.24. The fourth-order valence-electron chi connectivity index (χ4n) is 4.41. The zero-order valence-corrected chi connectivity index (χ0v) is 17.7. The van der Waals surface area contributed by atoms with Crippen molar-refractivity contribution in [2.24, 2.45) is 0 Å². The molecule has 1 atom stereocenters. The Morgan fingerprint density at radius 3 is 2.62 bits per heavy atom. The van der Waals surface area contributed by atoms with Gasteiger partial charge in [0.25, 0.3) is 0 Å². The second-order valence-electron chi connectivity index (χ2n) is 7.57. The molecular weight excluding hydrogens is 386 g/mol. The van der Waals surface area contributed by atoms with Crippen LogP contribution in [-0.4, -0.2) is 41.5 Å². The van der Waals surface area contributed by atoms with Gasteiger partial charge < -0.3 is 9.88 Å². The molecule has 1 aliphatic heterocycles. The molecule has 0 unspecified atom stereocenters. The zero-order chi connectivity index (χ0) is 20.6. The summed E-state index contributed by atoms with van der Waals surface area (Å²) in [6.07, 6.45) is 1.82. The lowest BCUT2D eigenvalue weighted by Crippen LogP contribution is -2.44. The van der Waals surface area contributed by atoms with Crippen LogP contribution in [0.4, 0.5) is 5.69 Å². The van der Waals surface area contributed by atoms with Crippen molar-refractivity contribution in [3.63, 3.8) is 0 Å². The predicted molar refractivity (Wildman–Crippen MR) is 118 cm³/mol. The van der Waals surface area contributed by atoms with E-state index in [0.29, 0.717) is 31.5 Å². The molecule has 3 aromatic rings. The van der Waals surface area contributed by atoms with Crippen molar-refractivity contribution in [3.8, 4) is 0 Å². The molecule has 7 heteroatoms. The highest BCUT2D eigenvalue weighted by Gasteiger charge is 2.38. The van der Waals surface area contributed by atoms with E-state index in [-0.39, 0.29) is 11.7 Å². The lowest BCUT2D eigenvalue weighted by atomic mass is 10.1. The van der Waals surface area contributed by atoms with Crippen molar-refractivity contribution in [3.05, 3.63) is 42.5 Å². The molecule has 154 valence electrons. The maximum Gasteiger partial charge on any atom is 0.242 e. The van der Waals surface area contributed by atoms with E-state index >= 15 is 0 Å². The molecule has 1 saturated heterocycles. The number of amides is 1. The van der Waals surface area contributed by atoms with Gasteiger partial charge in [-0.25, -0.2) is 8.42 Å². The van der Waals surface area contributed by atoms with Crippen LogP contribution < -0.4 is 5.32 Å². The molecule has 6 nitrogen and oxygen atoms in total. The Bertz CT molecular complexity index is 1170. The van der Waals surface area contributed by atoms with Crippen LogP contribution in [0.5, 0.6) is 0 Å². The van der Waals surface area contributed by atoms with Crippen LogP contribution in [0.25, 0.3) is 21.8 Å². The molecule has 0 aliphatic carbocycles. The molecular formula is C22H27N3O3S. The third-order valence-electron chi connectivity index (χ3n) is 5.68. The maximum atomic E-state index is 12.9. The molecule has 29 heavy (non-hydrogen) atoms. The topological polar surface area (TPSA) is 71.4 Å². The van der Waals surface area contributed by atoms with E-state index in [1.807, 2.05) is 37.3 Å². The monoisotopic (exact) mass is 413 g/mol. The van der Waals surface area contributed by atoms with Crippen molar-refractivity contribution < 1.29 is 13.2 Å². The van der Waals surface area contributed by atoms with Gasteiger partial charge in [-0.3, -0.25) is 4.79 Å². The van der Waals surface area contributed by atoms with Crippen molar-refractivity contribution >= 4 is 43.4 Å². The first-order valence-electron chi connectivity index (χ1n) is 10.3. The number of sulfonamides is 1. The molecule has 0 spiro atoms. The third kappa shape index (κ3) is 3.53. The average Bonchev–Trinajstić information content (AvgIpc) is 3.31. The molecule has 4 rings (SSSR count). The Morgan fingerprint density at radius 2 is 1.86 bits per heavy atom. The highest BCUT2D eigenvalue weighted by atomic mass is 32.2. The van der Waals surface area contributed by atoms with E-state index in [2.05, 4.69) is 28.9 Å². The first kappa shape index (κ1) is 19.9. The van der Waals surface area contributed by atoms with Crippen molar-refractivity contribution in [1.29, 1.82) is 0 Å². The number of hydrogen-bond acceptors (Lipinski definition) is 3. The Labute approximate surface area is 171 Å². The van der Waals surface area contributed by atoms with Gasteiger partial charge >= 0.3 is 0 Å². The molecule has 1 fully saturated rings. The number of carbonyl (C=O) groups excluding carboxylic acids is 1. The van der Waals surface area contributed by atoms with E-state index in [4.69, 9.17) is 0 Å². The highest BCUT2D eigenvalue weighted by molar-refractivity contribution is 7.89. The van der Waals surface area contributed by atoms with Gasteiger partial charge in [-0.05, 0) is 50.5 Å². The SMILES string of the molecule is CCCS(=O)(=O)N1CCC[C@H]1C(=O)Nc1ccc2c(c1)c1ccccc1n2CC. The van der Waals surface area contributed by atoms with Gasteiger partial charge in [-0.1, -0.05) is 25.1 Å². The summed E-state index contributed by atoms with van der Waals surface area (Å²) < 4.78 is 28.6. The summed E-state index contributed by atoms with van der Waals surface area (Å²) in [6, 6.07) is 13.5. The van der Waals surface area contributed by atoms with Gasteiger partial charge in [0.1, 0.15) is 6.04 Å². The first-order valence-corrected chi connectivity index (χ1v) is 11.9. The van der Waals surface area contributed by atoms with Crippen LogP contribution in [0.15, 0.2) is 42.5 Å². The molecule has 1 amide bonds. The smallest absolute Gasteiger partial charge is 0.242 e. The lowest BCUT2D eigenvalue weighted by Gasteiger charge is -2.23. The molecule has 1 aromatic heterocycles.